The van der Waals surface area contributed by atoms with Gasteiger partial charge in [0, 0.05) is 25.7 Å². The second-order valence-corrected chi connectivity index (χ2v) is 4.72. The van der Waals surface area contributed by atoms with E-state index >= 15 is 0 Å². The lowest BCUT2D eigenvalue weighted by atomic mass is 10.1. The van der Waals surface area contributed by atoms with Gasteiger partial charge in [-0.05, 0) is 32.9 Å². The number of benzene rings is 1. The molecule has 1 aromatic rings. The molecule has 1 heterocycles. The predicted octanol–water partition coefficient (Wildman–Crippen LogP) is 2.74. The molecule has 1 atom stereocenters. The Hall–Kier alpha value is -1.18. The highest BCUT2D eigenvalue weighted by Crippen LogP contribution is 2.35. The summed E-state index contributed by atoms with van der Waals surface area (Å²) >= 11 is 0. The average Bonchev–Trinajstić information content (AvgIpc) is 2.17. The largest absolute Gasteiger partial charge is 0.371 e. The lowest BCUT2D eigenvalue weighted by molar-refractivity contribution is 0.554. The van der Waals surface area contributed by atoms with Gasteiger partial charge in [-0.2, -0.15) is 0 Å². The van der Waals surface area contributed by atoms with Crippen molar-refractivity contribution >= 4 is 11.4 Å². The fourth-order valence-electron chi connectivity index (χ4n) is 2.61. The number of fused-ring (bicyclic) bond motifs is 1. The second kappa shape index (κ2) is 3.76. The van der Waals surface area contributed by atoms with E-state index in [0.717, 1.165) is 6.54 Å². The quantitative estimate of drug-likeness (QED) is 0.694. The zero-order chi connectivity index (χ0) is 11.0. The minimum atomic E-state index is 0.565. The zero-order valence-electron chi connectivity index (χ0n) is 10.1. The van der Waals surface area contributed by atoms with Crippen LogP contribution in [-0.2, 0) is 0 Å². The van der Waals surface area contributed by atoms with Crippen LogP contribution in [0.4, 0.5) is 11.4 Å². The minimum absolute atomic E-state index is 0.565. The van der Waals surface area contributed by atoms with E-state index in [9.17, 15) is 0 Å². The zero-order valence-corrected chi connectivity index (χ0v) is 10.1. The number of rotatable bonds is 1. The van der Waals surface area contributed by atoms with E-state index < -0.39 is 0 Å². The maximum atomic E-state index is 2.51. The Morgan fingerprint density at radius 1 is 1.20 bits per heavy atom. The highest BCUT2D eigenvalue weighted by Gasteiger charge is 2.27. The van der Waals surface area contributed by atoms with Gasteiger partial charge in [0.05, 0.1) is 11.4 Å². The molecule has 0 radical (unpaired) electrons. The first-order valence-corrected chi connectivity index (χ1v) is 5.69. The van der Waals surface area contributed by atoms with Crippen LogP contribution >= 0.6 is 0 Å². The van der Waals surface area contributed by atoms with Gasteiger partial charge in [0.15, 0.2) is 0 Å². The molecule has 2 heteroatoms. The molecule has 0 fully saturated rings. The Balaban J connectivity index is 2.47. The standard InChI is InChI=1S/C13H20N2/c1-10(2)15-11(3)9-14(4)12-7-5-6-8-13(12)15/h5-8,10-11H,9H2,1-4H3. The smallest absolute Gasteiger partial charge is 0.0609 e. The summed E-state index contributed by atoms with van der Waals surface area (Å²) in [4.78, 5) is 4.86. The van der Waals surface area contributed by atoms with Gasteiger partial charge >= 0.3 is 0 Å². The summed E-state index contributed by atoms with van der Waals surface area (Å²) in [5, 5.41) is 0. The summed E-state index contributed by atoms with van der Waals surface area (Å²) in [6, 6.07) is 9.82. The topological polar surface area (TPSA) is 6.48 Å². The van der Waals surface area contributed by atoms with Crippen LogP contribution in [0.25, 0.3) is 0 Å². The predicted molar refractivity (Wildman–Crippen MR) is 66.8 cm³/mol. The van der Waals surface area contributed by atoms with E-state index in [4.69, 9.17) is 0 Å². The van der Waals surface area contributed by atoms with E-state index in [1.807, 2.05) is 0 Å². The minimum Gasteiger partial charge on any atom is -0.371 e. The van der Waals surface area contributed by atoms with Crippen LogP contribution in [0.15, 0.2) is 24.3 Å². The van der Waals surface area contributed by atoms with E-state index in [1.54, 1.807) is 0 Å². The van der Waals surface area contributed by atoms with E-state index in [1.165, 1.54) is 11.4 Å². The molecule has 2 nitrogen and oxygen atoms in total. The van der Waals surface area contributed by atoms with Crippen molar-refractivity contribution in [3.8, 4) is 0 Å². The summed E-state index contributed by atoms with van der Waals surface area (Å²) in [7, 11) is 2.17. The molecule has 0 aliphatic carbocycles. The molecule has 15 heavy (non-hydrogen) atoms. The summed E-state index contributed by atoms with van der Waals surface area (Å²) < 4.78 is 0. The maximum absolute atomic E-state index is 2.51. The van der Waals surface area contributed by atoms with Crippen LogP contribution < -0.4 is 9.80 Å². The van der Waals surface area contributed by atoms with Crippen LogP contribution in [0, 0.1) is 0 Å². The summed E-state index contributed by atoms with van der Waals surface area (Å²) in [5.74, 6) is 0. The second-order valence-electron chi connectivity index (χ2n) is 4.72. The van der Waals surface area contributed by atoms with Gasteiger partial charge in [-0.25, -0.2) is 0 Å². The number of anilines is 2. The van der Waals surface area contributed by atoms with E-state index in [-0.39, 0.29) is 0 Å². The van der Waals surface area contributed by atoms with Crippen molar-refractivity contribution in [2.24, 2.45) is 0 Å². The molecule has 0 saturated heterocycles. The van der Waals surface area contributed by atoms with Crippen molar-refractivity contribution in [2.75, 3.05) is 23.4 Å². The first-order valence-electron chi connectivity index (χ1n) is 5.69. The van der Waals surface area contributed by atoms with E-state index in [0.29, 0.717) is 12.1 Å². The lowest BCUT2D eigenvalue weighted by Crippen LogP contribution is -2.49. The molecule has 0 bridgehead atoms. The Morgan fingerprint density at radius 3 is 2.40 bits per heavy atom. The normalized spacial score (nSPS) is 20.7. The van der Waals surface area contributed by atoms with E-state index in [2.05, 4.69) is 61.9 Å². The van der Waals surface area contributed by atoms with Gasteiger partial charge in [0.25, 0.3) is 0 Å². The lowest BCUT2D eigenvalue weighted by Gasteiger charge is -2.44. The molecule has 1 aromatic carbocycles. The van der Waals surface area contributed by atoms with Crippen LogP contribution in [-0.4, -0.2) is 25.7 Å². The van der Waals surface area contributed by atoms with Crippen LogP contribution in [0.3, 0.4) is 0 Å². The Labute approximate surface area is 92.5 Å². The molecular weight excluding hydrogens is 184 g/mol. The summed E-state index contributed by atoms with van der Waals surface area (Å²) in [6.45, 7) is 7.93. The van der Waals surface area contributed by atoms with Crippen LogP contribution in [0.5, 0.6) is 0 Å². The van der Waals surface area contributed by atoms with Crippen molar-refractivity contribution in [3.63, 3.8) is 0 Å². The first-order chi connectivity index (χ1) is 7.11. The van der Waals surface area contributed by atoms with Crippen molar-refractivity contribution in [1.29, 1.82) is 0 Å². The van der Waals surface area contributed by atoms with Crippen molar-refractivity contribution < 1.29 is 0 Å². The molecule has 0 amide bonds. The molecule has 1 aliphatic heterocycles. The van der Waals surface area contributed by atoms with Gasteiger partial charge in [0.2, 0.25) is 0 Å². The molecular formula is C13H20N2. The van der Waals surface area contributed by atoms with Gasteiger partial charge in [-0.15, -0.1) is 0 Å². The Morgan fingerprint density at radius 2 is 1.80 bits per heavy atom. The van der Waals surface area contributed by atoms with Gasteiger partial charge in [-0.1, -0.05) is 12.1 Å². The third-order valence-electron chi connectivity index (χ3n) is 3.14. The molecule has 82 valence electrons. The first kappa shape index (κ1) is 10.3. The summed E-state index contributed by atoms with van der Waals surface area (Å²) in [6.07, 6.45) is 0. The van der Waals surface area contributed by atoms with Gasteiger partial charge in [0.1, 0.15) is 0 Å². The Bertz CT molecular complexity index is 346. The summed E-state index contributed by atoms with van der Waals surface area (Å²) in [5.41, 5.74) is 2.72. The monoisotopic (exact) mass is 204 g/mol. The molecule has 0 aromatic heterocycles. The van der Waals surface area contributed by atoms with Gasteiger partial charge in [-0.3, -0.25) is 0 Å². The van der Waals surface area contributed by atoms with Gasteiger partial charge < -0.3 is 9.80 Å². The third kappa shape index (κ3) is 1.69. The molecule has 1 aliphatic rings. The SMILES string of the molecule is CC(C)N1c2ccccc2N(C)CC1C. The molecule has 1 unspecified atom stereocenters. The fraction of sp³-hybridized carbons (Fsp3) is 0.538. The highest BCUT2D eigenvalue weighted by molar-refractivity contribution is 5.74. The van der Waals surface area contributed by atoms with Crippen molar-refractivity contribution in [1.82, 2.24) is 0 Å². The Kier molecular flexibility index (Phi) is 2.59. The maximum Gasteiger partial charge on any atom is 0.0609 e. The number of likely N-dealkylation sites (N-methyl/N-ethyl adjacent to an activating group) is 1. The van der Waals surface area contributed by atoms with Crippen LogP contribution in [0.1, 0.15) is 20.8 Å². The molecule has 2 rings (SSSR count). The fourth-order valence-corrected chi connectivity index (χ4v) is 2.61. The molecule has 0 saturated carbocycles. The number of para-hydroxylation sites is 2. The molecule has 0 N–H and O–H groups in total. The number of hydrogen-bond acceptors (Lipinski definition) is 2. The number of hydrogen-bond donors (Lipinski definition) is 0. The highest BCUT2D eigenvalue weighted by atomic mass is 15.3. The van der Waals surface area contributed by atoms with Crippen molar-refractivity contribution in [3.05, 3.63) is 24.3 Å². The van der Waals surface area contributed by atoms with Crippen molar-refractivity contribution in [2.45, 2.75) is 32.9 Å². The van der Waals surface area contributed by atoms with Crippen LogP contribution in [0.2, 0.25) is 0 Å². The third-order valence-corrected chi connectivity index (χ3v) is 3.14. The average molecular weight is 204 g/mol. The number of nitrogens with zero attached hydrogens (tertiary/aromatic N) is 2. The molecule has 0 spiro atoms.